The van der Waals surface area contributed by atoms with Gasteiger partial charge in [-0.15, -0.1) is 0 Å². The lowest BCUT2D eigenvalue weighted by molar-refractivity contribution is 0.0779. The molecule has 1 aliphatic rings. The molecule has 0 bridgehead atoms. The van der Waals surface area contributed by atoms with Crippen molar-refractivity contribution in [3.8, 4) is 0 Å². The molecule has 0 spiro atoms. The summed E-state index contributed by atoms with van der Waals surface area (Å²) in [7, 11) is 1.68. The molecule has 0 saturated carbocycles. The lowest BCUT2D eigenvalue weighted by Crippen LogP contribution is -2.43. The summed E-state index contributed by atoms with van der Waals surface area (Å²) < 4.78 is 5.34. The maximum atomic E-state index is 12.2. The highest BCUT2D eigenvalue weighted by atomic mass is 16.5. The molecule has 1 aliphatic heterocycles. The first-order valence-electron chi connectivity index (χ1n) is 6.38. The fourth-order valence-electron chi connectivity index (χ4n) is 2.34. The van der Waals surface area contributed by atoms with Crippen molar-refractivity contribution in [1.82, 2.24) is 10.6 Å². The number of benzene rings is 1. The summed E-state index contributed by atoms with van der Waals surface area (Å²) in [6, 6.07) is 7.78. The highest BCUT2D eigenvalue weighted by molar-refractivity contribution is 5.95. The number of rotatable bonds is 4. The van der Waals surface area contributed by atoms with Crippen LogP contribution < -0.4 is 10.6 Å². The second-order valence-corrected chi connectivity index (χ2v) is 4.52. The molecule has 0 radical (unpaired) electrons. The Morgan fingerprint density at radius 3 is 2.94 bits per heavy atom. The average Bonchev–Trinajstić information content (AvgIpc) is 2.85. The zero-order valence-corrected chi connectivity index (χ0v) is 10.9. The molecule has 1 heterocycles. The van der Waals surface area contributed by atoms with Crippen molar-refractivity contribution in [2.75, 3.05) is 20.2 Å². The minimum atomic E-state index is -0.0109. The number of amides is 1. The van der Waals surface area contributed by atoms with Crippen LogP contribution in [0.25, 0.3) is 0 Å². The zero-order valence-electron chi connectivity index (χ0n) is 10.9. The van der Waals surface area contributed by atoms with E-state index in [0.717, 1.165) is 30.6 Å². The fourth-order valence-corrected chi connectivity index (χ4v) is 2.34. The average molecular weight is 248 g/mol. The summed E-state index contributed by atoms with van der Waals surface area (Å²) in [6.07, 6.45) is 0.919. The minimum absolute atomic E-state index is 0.0109. The first-order chi connectivity index (χ1) is 8.76. The van der Waals surface area contributed by atoms with Crippen molar-refractivity contribution < 1.29 is 9.53 Å². The van der Waals surface area contributed by atoms with Gasteiger partial charge >= 0.3 is 0 Å². The maximum absolute atomic E-state index is 12.2. The van der Waals surface area contributed by atoms with Crippen LogP contribution in [0.1, 0.15) is 22.8 Å². The topological polar surface area (TPSA) is 50.4 Å². The van der Waals surface area contributed by atoms with Gasteiger partial charge in [0.05, 0.1) is 12.1 Å². The number of ether oxygens (including phenoxy) is 1. The molecule has 1 amide bonds. The van der Waals surface area contributed by atoms with E-state index >= 15 is 0 Å². The van der Waals surface area contributed by atoms with Gasteiger partial charge < -0.3 is 15.4 Å². The van der Waals surface area contributed by atoms with Gasteiger partial charge in [-0.3, -0.25) is 4.79 Å². The van der Waals surface area contributed by atoms with E-state index in [4.69, 9.17) is 4.74 Å². The number of aryl methyl sites for hydroxylation is 1. The highest BCUT2D eigenvalue weighted by Gasteiger charge is 2.28. The van der Waals surface area contributed by atoms with Gasteiger partial charge in [-0.25, -0.2) is 0 Å². The molecule has 1 fully saturated rings. The summed E-state index contributed by atoms with van der Waals surface area (Å²) in [5, 5.41) is 6.26. The van der Waals surface area contributed by atoms with Gasteiger partial charge in [-0.1, -0.05) is 25.1 Å². The van der Waals surface area contributed by atoms with Crippen LogP contribution in [0.4, 0.5) is 0 Å². The van der Waals surface area contributed by atoms with E-state index in [-0.39, 0.29) is 18.1 Å². The molecule has 18 heavy (non-hydrogen) atoms. The summed E-state index contributed by atoms with van der Waals surface area (Å²) in [6.45, 7) is 3.61. The Morgan fingerprint density at radius 1 is 1.44 bits per heavy atom. The first kappa shape index (κ1) is 13.1. The van der Waals surface area contributed by atoms with Crippen LogP contribution in [0.5, 0.6) is 0 Å². The van der Waals surface area contributed by atoms with Gasteiger partial charge in [0.2, 0.25) is 0 Å². The predicted molar refractivity (Wildman–Crippen MR) is 70.7 cm³/mol. The Labute approximate surface area is 108 Å². The number of hydrogen-bond acceptors (Lipinski definition) is 3. The van der Waals surface area contributed by atoms with Crippen LogP contribution in [-0.2, 0) is 11.2 Å². The summed E-state index contributed by atoms with van der Waals surface area (Å²) in [5.41, 5.74) is 1.84. The van der Waals surface area contributed by atoms with Crippen molar-refractivity contribution in [2.24, 2.45) is 0 Å². The molecule has 1 aromatic carbocycles. The second kappa shape index (κ2) is 5.98. The largest absolute Gasteiger partial charge is 0.378 e. The summed E-state index contributed by atoms with van der Waals surface area (Å²) >= 11 is 0. The van der Waals surface area contributed by atoms with Crippen LogP contribution in [0.3, 0.4) is 0 Å². The third-order valence-corrected chi connectivity index (χ3v) is 3.42. The van der Waals surface area contributed by atoms with Gasteiger partial charge in [0.15, 0.2) is 0 Å². The predicted octanol–water partition coefficient (Wildman–Crippen LogP) is 0.966. The Kier molecular flexibility index (Phi) is 4.33. The fraction of sp³-hybridized carbons (Fsp3) is 0.500. The monoisotopic (exact) mass is 248 g/mol. The molecule has 1 aromatic rings. The van der Waals surface area contributed by atoms with Crippen LogP contribution >= 0.6 is 0 Å². The number of methoxy groups -OCH3 is 1. The third-order valence-electron chi connectivity index (χ3n) is 3.42. The Balaban J connectivity index is 2.07. The molecule has 1 saturated heterocycles. The highest BCUT2D eigenvalue weighted by Crippen LogP contribution is 2.11. The van der Waals surface area contributed by atoms with Crippen LogP contribution in [0.15, 0.2) is 24.3 Å². The van der Waals surface area contributed by atoms with E-state index in [2.05, 4.69) is 17.6 Å². The summed E-state index contributed by atoms with van der Waals surface area (Å²) in [5.74, 6) is -0.0109. The van der Waals surface area contributed by atoms with Crippen molar-refractivity contribution in [3.63, 3.8) is 0 Å². The lowest BCUT2D eigenvalue weighted by atomic mass is 10.0. The van der Waals surface area contributed by atoms with Crippen LogP contribution in [-0.4, -0.2) is 38.3 Å². The van der Waals surface area contributed by atoms with Crippen molar-refractivity contribution in [2.45, 2.75) is 25.5 Å². The standard InChI is InChI=1S/C14H20N2O2/c1-3-10-6-4-5-7-11(10)14(17)16-12-8-15-9-13(12)18-2/h4-7,12-13,15H,3,8-9H2,1-2H3,(H,16,17)/t12?,13-/m0/s1. The van der Waals surface area contributed by atoms with Crippen LogP contribution in [0.2, 0.25) is 0 Å². The minimum Gasteiger partial charge on any atom is -0.378 e. The molecule has 2 N–H and O–H groups in total. The van der Waals surface area contributed by atoms with E-state index in [1.54, 1.807) is 7.11 Å². The molecular weight excluding hydrogens is 228 g/mol. The van der Waals surface area contributed by atoms with E-state index < -0.39 is 0 Å². The van der Waals surface area contributed by atoms with Crippen molar-refractivity contribution in [3.05, 3.63) is 35.4 Å². The molecule has 2 rings (SSSR count). The van der Waals surface area contributed by atoms with Crippen molar-refractivity contribution in [1.29, 1.82) is 0 Å². The van der Waals surface area contributed by atoms with Crippen LogP contribution in [0, 0.1) is 0 Å². The van der Waals surface area contributed by atoms with Gasteiger partial charge in [0, 0.05) is 25.8 Å². The zero-order chi connectivity index (χ0) is 13.0. The van der Waals surface area contributed by atoms with Gasteiger partial charge in [0.25, 0.3) is 5.91 Å². The van der Waals surface area contributed by atoms with E-state index in [1.165, 1.54) is 0 Å². The molecule has 4 nitrogen and oxygen atoms in total. The SMILES string of the molecule is CCc1ccccc1C(=O)NC1CNC[C@@H]1OC. The maximum Gasteiger partial charge on any atom is 0.251 e. The lowest BCUT2D eigenvalue weighted by Gasteiger charge is -2.19. The smallest absolute Gasteiger partial charge is 0.251 e. The van der Waals surface area contributed by atoms with E-state index in [9.17, 15) is 4.79 Å². The van der Waals surface area contributed by atoms with E-state index in [1.807, 2.05) is 24.3 Å². The Hall–Kier alpha value is -1.39. The molecule has 0 aliphatic carbocycles. The quantitative estimate of drug-likeness (QED) is 0.834. The molecular formula is C14H20N2O2. The third kappa shape index (κ3) is 2.71. The number of carbonyl (C=O) groups excluding carboxylic acids is 1. The molecule has 0 aromatic heterocycles. The normalized spacial score (nSPS) is 23.0. The number of nitrogens with one attached hydrogen (secondary N) is 2. The molecule has 1 unspecified atom stereocenters. The summed E-state index contributed by atoms with van der Waals surface area (Å²) in [4.78, 5) is 12.2. The second-order valence-electron chi connectivity index (χ2n) is 4.52. The number of carbonyl (C=O) groups is 1. The van der Waals surface area contributed by atoms with E-state index in [0.29, 0.717) is 0 Å². The van der Waals surface area contributed by atoms with Crippen molar-refractivity contribution >= 4 is 5.91 Å². The molecule has 2 atom stereocenters. The van der Waals surface area contributed by atoms with Gasteiger partial charge in [0.1, 0.15) is 0 Å². The Morgan fingerprint density at radius 2 is 2.22 bits per heavy atom. The Bertz CT molecular complexity index is 420. The van der Waals surface area contributed by atoms with Gasteiger partial charge in [-0.05, 0) is 18.1 Å². The molecule has 98 valence electrons. The van der Waals surface area contributed by atoms with Gasteiger partial charge in [-0.2, -0.15) is 0 Å². The first-order valence-corrected chi connectivity index (χ1v) is 6.38. The number of hydrogen-bond donors (Lipinski definition) is 2. The molecule has 4 heteroatoms.